The zero-order valence-electron chi connectivity index (χ0n) is 15.2. The van der Waals surface area contributed by atoms with E-state index in [1.165, 1.54) is 6.07 Å². The summed E-state index contributed by atoms with van der Waals surface area (Å²) in [5.74, 6) is -2.11. The van der Waals surface area contributed by atoms with Gasteiger partial charge in [-0.25, -0.2) is 8.78 Å². The molecule has 0 aliphatic heterocycles. The fraction of sp³-hybridized carbons (Fsp3) is 0.100. The van der Waals surface area contributed by atoms with Crippen molar-refractivity contribution < 1.29 is 13.6 Å². The number of nitrogens with zero attached hydrogens (tertiary/aromatic N) is 3. The summed E-state index contributed by atoms with van der Waals surface area (Å²) < 4.78 is 27.5. The minimum atomic E-state index is -0.904. The first kappa shape index (κ1) is 18.9. The summed E-state index contributed by atoms with van der Waals surface area (Å²) in [6, 6.07) is 12.4. The number of nitrogens with one attached hydrogen (secondary N) is 2. The number of aryl methyl sites for hydroxylation is 1. The molecule has 2 N–H and O–H groups in total. The molecule has 146 valence electrons. The molecule has 4 rings (SSSR count). The Morgan fingerprint density at radius 1 is 1.14 bits per heavy atom. The Bertz CT molecular complexity index is 1140. The number of H-pyrrole nitrogens is 1. The maximum absolute atomic E-state index is 13.8. The van der Waals surface area contributed by atoms with Crippen LogP contribution in [-0.4, -0.2) is 26.5 Å². The minimum Gasteiger partial charge on any atom is -0.322 e. The van der Waals surface area contributed by atoms with Gasteiger partial charge in [-0.3, -0.25) is 4.79 Å². The van der Waals surface area contributed by atoms with Gasteiger partial charge in [0.2, 0.25) is 5.82 Å². The second-order valence-corrected chi connectivity index (χ2v) is 7.30. The van der Waals surface area contributed by atoms with Crippen molar-refractivity contribution in [1.29, 1.82) is 0 Å². The van der Waals surface area contributed by atoms with Crippen molar-refractivity contribution in [3.8, 4) is 21.8 Å². The van der Waals surface area contributed by atoms with E-state index in [9.17, 15) is 13.6 Å². The molecule has 1 amide bonds. The minimum absolute atomic E-state index is 0.438. The molecule has 0 aliphatic carbocycles. The quantitative estimate of drug-likeness (QED) is 0.499. The number of carbonyl (C=O) groups is 1. The Hall–Kier alpha value is -3.46. The van der Waals surface area contributed by atoms with E-state index in [1.807, 2.05) is 18.2 Å². The number of amides is 1. The third kappa shape index (κ3) is 3.77. The van der Waals surface area contributed by atoms with Crippen molar-refractivity contribution >= 4 is 22.9 Å². The summed E-state index contributed by atoms with van der Waals surface area (Å²) >= 11 is 1.59. The van der Waals surface area contributed by atoms with E-state index >= 15 is 0 Å². The molecule has 0 unspecified atom stereocenters. The normalized spacial score (nSPS) is 10.9. The summed E-state index contributed by atoms with van der Waals surface area (Å²) in [6.07, 6.45) is 0.836. The van der Waals surface area contributed by atoms with Crippen LogP contribution in [0.25, 0.3) is 21.8 Å². The Balaban J connectivity index is 1.58. The van der Waals surface area contributed by atoms with Gasteiger partial charge in [0, 0.05) is 10.6 Å². The molecule has 0 saturated heterocycles. The van der Waals surface area contributed by atoms with Crippen molar-refractivity contribution in [2.75, 3.05) is 5.32 Å². The molecule has 0 atom stereocenters. The topological polar surface area (TPSA) is 83.6 Å². The van der Waals surface area contributed by atoms with E-state index in [-0.39, 0.29) is 0 Å². The molecule has 4 aromatic rings. The number of aromatic nitrogens is 4. The lowest BCUT2D eigenvalue weighted by Crippen LogP contribution is -2.15. The van der Waals surface area contributed by atoms with Crippen LogP contribution in [0.2, 0.25) is 0 Å². The molecule has 0 radical (unpaired) electrons. The zero-order valence-corrected chi connectivity index (χ0v) is 16.1. The summed E-state index contributed by atoms with van der Waals surface area (Å²) in [7, 11) is 0. The predicted octanol–water partition coefficient (Wildman–Crippen LogP) is 4.69. The van der Waals surface area contributed by atoms with Gasteiger partial charge in [0.15, 0.2) is 0 Å². The average Bonchev–Trinajstić information content (AvgIpc) is 3.38. The van der Waals surface area contributed by atoms with Gasteiger partial charge in [0.25, 0.3) is 5.91 Å². The maximum atomic E-state index is 13.8. The third-order valence-corrected chi connectivity index (χ3v) is 5.61. The van der Waals surface area contributed by atoms with Crippen molar-refractivity contribution in [1.82, 2.24) is 20.6 Å². The highest BCUT2D eigenvalue weighted by Gasteiger charge is 2.18. The standard InChI is InChI=1S/C20H15F2N5OS/c1-2-16-13(10-17(29-16)19-24-26-27-25-19)11-6-8-12(9-7-11)23-20(28)18-14(21)4-3-5-15(18)22/h3-10H,2H2,1H3,(H,23,28)(H,24,25,26,27). The van der Waals surface area contributed by atoms with Gasteiger partial charge in [0.1, 0.15) is 17.2 Å². The Labute approximate surface area is 168 Å². The molecule has 0 fully saturated rings. The molecule has 2 aromatic heterocycles. The Morgan fingerprint density at radius 2 is 1.86 bits per heavy atom. The monoisotopic (exact) mass is 411 g/mol. The first-order valence-electron chi connectivity index (χ1n) is 8.79. The van der Waals surface area contributed by atoms with Crippen molar-refractivity contribution in [3.63, 3.8) is 0 Å². The predicted molar refractivity (Wildman–Crippen MR) is 107 cm³/mol. The SMILES string of the molecule is CCc1sc(-c2nn[nH]n2)cc1-c1ccc(NC(=O)c2c(F)cccc2F)cc1. The molecule has 0 aliphatic rings. The molecule has 2 aromatic carbocycles. The van der Waals surface area contributed by atoms with Gasteiger partial charge >= 0.3 is 0 Å². The van der Waals surface area contributed by atoms with Gasteiger partial charge < -0.3 is 5.32 Å². The lowest BCUT2D eigenvalue weighted by molar-refractivity contribution is 0.101. The van der Waals surface area contributed by atoms with Crippen LogP contribution >= 0.6 is 11.3 Å². The second kappa shape index (κ2) is 7.88. The zero-order chi connectivity index (χ0) is 20.4. The van der Waals surface area contributed by atoms with Crippen LogP contribution in [0.4, 0.5) is 14.5 Å². The van der Waals surface area contributed by atoms with Gasteiger partial charge in [-0.2, -0.15) is 5.21 Å². The molecular formula is C20H15F2N5OS. The molecule has 0 saturated carbocycles. The van der Waals surface area contributed by atoms with Crippen LogP contribution in [-0.2, 0) is 6.42 Å². The lowest BCUT2D eigenvalue weighted by Gasteiger charge is -2.08. The van der Waals surface area contributed by atoms with E-state index in [0.29, 0.717) is 11.5 Å². The van der Waals surface area contributed by atoms with Crippen LogP contribution in [0.15, 0.2) is 48.5 Å². The molecular weight excluding hydrogens is 396 g/mol. The van der Waals surface area contributed by atoms with E-state index < -0.39 is 23.1 Å². The fourth-order valence-electron chi connectivity index (χ4n) is 2.95. The summed E-state index contributed by atoms with van der Waals surface area (Å²) in [5.41, 5.74) is 1.82. The Kier molecular flexibility index (Phi) is 5.13. The molecule has 2 heterocycles. The van der Waals surface area contributed by atoms with E-state index in [4.69, 9.17) is 0 Å². The summed E-state index contributed by atoms with van der Waals surface area (Å²) in [4.78, 5) is 14.3. The number of carbonyl (C=O) groups excluding carboxylic acids is 1. The van der Waals surface area contributed by atoms with E-state index in [2.05, 4.69) is 32.9 Å². The number of anilines is 1. The maximum Gasteiger partial charge on any atom is 0.261 e. The van der Waals surface area contributed by atoms with Gasteiger partial charge in [-0.05, 0) is 53.1 Å². The van der Waals surface area contributed by atoms with Crippen LogP contribution in [0.3, 0.4) is 0 Å². The third-order valence-electron chi connectivity index (χ3n) is 4.34. The average molecular weight is 411 g/mol. The fourth-order valence-corrected chi connectivity index (χ4v) is 4.00. The molecule has 0 spiro atoms. The number of tetrazole rings is 1. The lowest BCUT2D eigenvalue weighted by atomic mass is 10.0. The number of hydrogen-bond donors (Lipinski definition) is 2. The van der Waals surface area contributed by atoms with Gasteiger partial charge in [0.05, 0.1) is 4.88 Å². The highest BCUT2D eigenvalue weighted by molar-refractivity contribution is 7.15. The molecule has 29 heavy (non-hydrogen) atoms. The Morgan fingerprint density at radius 3 is 2.48 bits per heavy atom. The summed E-state index contributed by atoms with van der Waals surface area (Å²) in [5, 5.41) is 16.6. The van der Waals surface area contributed by atoms with Crippen LogP contribution in [0.1, 0.15) is 22.2 Å². The van der Waals surface area contributed by atoms with Crippen LogP contribution in [0, 0.1) is 11.6 Å². The first-order valence-corrected chi connectivity index (χ1v) is 9.60. The number of thiophene rings is 1. The number of benzene rings is 2. The van der Waals surface area contributed by atoms with E-state index in [0.717, 1.165) is 39.4 Å². The largest absolute Gasteiger partial charge is 0.322 e. The number of aromatic amines is 1. The number of halogens is 2. The van der Waals surface area contributed by atoms with Crippen LogP contribution < -0.4 is 5.32 Å². The molecule has 0 bridgehead atoms. The number of rotatable bonds is 5. The van der Waals surface area contributed by atoms with Crippen molar-refractivity contribution in [3.05, 3.63) is 70.6 Å². The van der Waals surface area contributed by atoms with Crippen LogP contribution in [0.5, 0.6) is 0 Å². The second-order valence-electron chi connectivity index (χ2n) is 6.16. The molecule has 9 heteroatoms. The van der Waals surface area contributed by atoms with E-state index in [1.54, 1.807) is 23.5 Å². The molecule has 6 nitrogen and oxygen atoms in total. The summed E-state index contributed by atoms with van der Waals surface area (Å²) in [6.45, 7) is 2.06. The van der Waals surface area contributed by atoms with Crippen molar-refractivity contribution in [2.24, 2.45) is 0 Å². The van der Waals surface area contributed by atoms with Gasteiger partial charge in [-0.1, -0.05) is 25.1 Å². The van der Waals surface area contributed by atoms with Gasteiger partial charge in [-0.15, -0.1) is 21.5 Å². The highest BCUT2D eigenvalue weighted by Crippen LogP contribution is 2.36. The number of hydrogen-bond acceptors (Lipinski definition) is 5. The van der Waals surface area contributed by atoms with Crippen molar-refractivity contribution in [2.45, 2.75) is 13.3 Å². The smallest absolute Gasteiger partial charge is 0.261 e. The highest BCUT2D eigenvalue weighted by atomic mass is 32.1. The first-order chi connectivity index (χ1) is 14.1.